The molecule has 1 fully saturated rings. The molecule has 2 aromatic carbocycles. The van der Waals surface area contributed by atoms with Crippen molar-refractivity contribution in [1.29, 1.82) is 0 Å². The van der Waals surface area contributed by atoms with Crippen LogP contribution >= 0.6 is 0 Å². The van der Waals surface area contributed by atoms with Gasteiger partial charge in [-0.25, -0.2) is 8.42 Å². The summed E-state index contributed by atoms with van der Waals surface area (Å²) in [5.41, 5.74) is 1.39. The summed E-state index contributed by atoms with van der Waals surface area (Å²) in [4.78, 5) is 2.08. The van der Waals surface area contributed by atoms with Crippen molar-refractivity contribution in [2.24, 2.45) is 0 Å². The highest BCUT2D eigenvalue weighted by Gasteiger charge is 2.31. The van der Waals surface area contributed by atoms with Crippen LogP contribution in [0, 0.1) is 0 Å². The van der Waals surface area contributed by atoms with E-state index in [0.717, 1.165) is 5.56 Å². The molecule has 1 aromatic heterocycles. The number of aromatic nitrogens is 2. The third-order valence-electron chi connectivity index (χ3n) is 6.16. The molecule has 1 aliphatic rings. The van der Waals surface area contributed by atoms with Crippen LogP contribution in [-0.2, 0) is 10.0 Å². The first-order chi connectivity index (χ1) is 17.9. The molecule has 0 unspecified atom stereocenters. The predicted octanol–water partition coefficient (Wildman–Crippen LogP) is 2.70. The van der Waals surface area contributed by atoms with Crippen LogP contribution < -0.4 is 28.6 Å². The first-order valence-electron chi connectivity index (χ1n) is 11.5. The number of hydrogen-bond donors (Lipinski definition) is 0. The highest BCUT2D eigenvalue weighted by molar-refractivity contribution is 7.89. The molecule has 2 heterocycles. The molecule has 1 aliphatic heterocycles. The van der Waals surface area contributed by atoms with Gasteiger partial charge in [-0.3, -0.25) is 0 Å². The molecule has 12 heteroatoms. The topological polar surface area (TPSA) is 113 Å². The van der Waals surface area contributed by atoms with Crippen molar-refractivity contribution in [2.75, 3.05) is 66.6 Å². The largest absolute Gasteiger partial charge is 0.497 e. The van der Waals surface area contributed by atoms with E-state index >= 15 is 0 Å². The van der Waals surface area contributed by atoms with Crippen molar-refractivity contribution in [3.8, 4) is 40.0 Å². The zero-order valence-corrected chi connectivity index (χ0v) is 22.2. The molecule has 37 heavy (non-hydrogen) atoms. The summed E-state index contributed by atoms with van der Waals surface area (Å²) >= 11 is 0. The van der Waals surface area contributed by atoms with Gasteiger partial charge >= 0.3 is 0 Å². The van der Waals surface area contributed by atoms with Crippen molar-refractivity contribution in [2.45, 2.75) is 4.90 Å². The molecule has 1 saturated heterocycles. The quantitative estimate of drug-likeness (QED) is 0.409. The molecule has 0 radical (unpaired) electrons. The third-order valence-corrected chi connectivity index (χ3v) is 8.08. The summed E-state index contributed by atoms with van der Waals surface area (Å²) < 4.78 is 54.9. The lowest BCUT2D eigenvalue weighted by Gasteiger charge is -2.34. The number of hydrogen-bond acceptors (Lipinski definition) is 10. The van der Waals surface area contributed by atoms with E-state index < -0.39 is 10.0 Å². The highest BCUT2D eigenvalue weighted by Crippen LogP contribution is 2.41. The zero-order valence-electron chi connectivity index (χ0n) is 21.4. The number of anilines is 1. The van der Waals surface area contributed by atoms with Crippen LogP contribution in [0.5, 0.6) is 28.7 Å². The summed E-state index contributed by atoms with van der Waals surface area (Å²) in [5.74, 6) is 2.92. The average molecular weight is 531 g/mol. The lowest BCUT2D eigenvalue weighted by Crippen LogP contribution is -2.49. The van der Waals surface area contributed by atoms with Crippen LogP contribution in [0.2, 0.25) is 0 Å². The zero-order chi connectivity index (χ0) is 26.6. The smallest absolute Gasteiger partial charge is 0.247 e. The Morgan fingerprint density at radius 1 is 0.703 bits per heavy atom. The number of sulfonamides is 1. The molecular weight excluding hydrogens is 500 g/mol. The van der Waals surface area contributed by atoms with Gasteiger partial charge < -0.3 is 28.6 Å². The van der Waals surface area contributed by atoms with Gasteiger partial charge in [0.15, 0.2) is 17.3 Å². The van der Waals surface area contributed by atoms with E-state index in [0.29, 0.717) is 60.7 Å². The summed E-state index contributed by atoms with van der Waals surface area (Å²) in [6.07, 6.45) is 0. The van der Waals surface area contributed by atoms with Crippen LogP contribution in [0.15, 0.2) is 47.4 Å². The van der Waals surface area contributed by atoms with Crippen LogP contribution in [0.1, 0.15) is 0 Å². The Bertz CT molecular complexity index is 1320. The van der Waals surface area contributed by atoms with Gasteiger partial charge in [0.25, 0.3) is 0 Å². The van der Waals surface area contributed by atoms with Crippen molar-refractivity contribution >= 4 is 15.8 Å². The number of rotatable bonds is 9. The van der Waals surface area contributed by atoms with Crippen LogP contribution in [0.3, 0.4) is 0 Å². The minimum absolute atomic E-state index is 0.0808. The van der Waals surface area contributed by atoms with Gasteiger partial charge in [-0.15, -0.1) is 10.2 Å². The van der Waals surface area contributed by atoms with Crippen molar-refractivity contribution < 1.29 is 32.1 Å². The molecule has 3 aromatic rings. The molecule has 0 amide bonds. The van der Waals surface area contributed by atoms with E-state index in [2.05, 4.69) is 10.2 Å². The number of methoxy groups -OCH3 is 5. The summed E-state index contributed by atoms with van der Waals surface area (Å²) in [6, 6.07) is 12.1. The van der Waals surface area contributed by atoms with E-state index in [1.165, 1.54) is 24.6 Å². The Kier molecular flexibility index (Phi) is 7.89. The highest BCUT2D eigenvalue weighted by atomic mass is 32.2. The average Bonchev–Trinajstić information content (AvgIpc) is 2.96. The SMILES string of the molecule is COc1ccc(OC)c(S(=O)(=O)N2CCN(c3ccc(-c4cc(OC)c(OC)c(OC)c4)nn3)CC2)c1. The Labute approximate surface area is 216 Å². The Morgan fingerprint density at radius 3 is 1.86 bits per heavy atom. The molecule has 11 nitrogen and oxygen atoms in total. The second-order valence-electron chi connectivity index (χ2n) is 8.10. The van der Waals surface area contributed by atoms with Gasteiger partial charge in [-0.1, -0.05) is 0 Å². The molecular formula is C25H30N4O7S. The van der Waals surface area contributed by atoms with Gasteiger partial charge in [0.1, 0.15) is 16.4 Å². The normalized spacial score (nSPS) is 14.2. The van der Waals surface area contributed by atoms with Gasteiger partial charge in [0.05, 0.1) is 41.2 Å². The minimum atomic E-state index is -3.77. The number of ether oxygens (including phenoxy) is 5. The maximum Gasteiger partial charge on any atom is 0.247 e. The maximum atomic E-state index is 13.3. The lowest BCUT2D eigenvalue weighted by molar-refractivity contribution is 0.324. The molecule has 4 rings (SSSR count). The van der Waals surface area contributed by atoms with Gasteiger partial charge in [0, 0.05) is 37.8 Å². The van der Waals surface area contributed by atoms with E-state index in [1.54, 1.807) is 33.5 Å². The van der Waals surface area contributed by atoms with Crippen molar-refractivity contribution in [3.63, 3.8) is 0 Å². The molecule has 0 atom stereocenters. The van der Waals surface area contributed by atoms with Crippen molar-refractivity contribution in [3.05, 3.63) is 42.5 Å². The second-order valence-corrected chi connectivity index (χ2v) is 10.0. The van der Waals surface area contributed by atoms with E-state index in [-0.39, 0.29) is 10.6 Å². The van der Waals surface area contributed by atoms with Gasteiger partial charge in [-0.05, 0) is 36.4 Å². The van der Waals surface area contributed by atoms with Crippen LogP contribution in [0.4, 0.5) is 5.82 Å². The van der Waals surface area contributed by atoms with E-state index in [1.807, 2.05) is 29.2 Å². The molecule has 0 saturated carbocycles. The first kappa shape index (κ1) is 26.3. The van der Waals surface area contributed by atoms with Crippen LogP contribution in [-0.4, -0.2) is 84.6 Å². The van der Waals surface area contributed by atoms with Gasteiger partial charge in [0.2, 0.25) is 15.8 Å². The molecule has 0 aliphatic carbocycles. The fourth-order valence-electron chi connectivity index (χ4n) is 4.16. The minimum Gasteiger partial charge on any atom is -0.497 e. The summed E-state index contributed by atoms with van der Waals surface area (Å²) in [6.45, 7) is 1.51. The molecule has 0 spiro atoms. The fraction of sp³-hybridized carbons (Fsp3) is 0.360. The summed E-state index contributed by atoms with van der Waals surface area (Å²) in [5, 5.41) is 8.77. The molecule has 0 bridgehead atoms. The standard InChI is InChI=1S/C25H30N4O7S/c1-32-18-6-8-20(33-2)23(16-18)37(30,31)29-12-10-28(11-13-29)24-9-7-19(26-27-24)17-14-21(34-3)25(36-5)22(15-17)35-4/h6-9,14-16H,10-13H2,1-5H3. The van der Waals surface area contributed by atoms with E-state index in [4.69, 9.17) is 23.7 Å². The Morgan fingerprint density at radius 2 is 1.35 bits per heavy atom. The monoisotopic (exact) mass is 530 g/mol. The second kappa shape index (κ2) is 11.1. The number of nitrogens with zero attached hydrogens (tertiary/aromatic N) is 4. The summed E-state index contributed by atoms with van der Waals surface area (Å²) in [7, 11) is 3.82. The van der Waals surface area contributed by atoms with Crippen LogP contribution in [0.25, 0.3) is 11.3 Å². The first-order valence-corrected chi connectivity index (χ1v) is 12.9. The van der Waals surface area contributed by atoms with Crippen molar-refractivity contribution in [1.82, 2.24) is 14.5 Å². The maximum absolute atomic E-state index is 13.3. The molecule has 198 valence electrons. The lowest BCUT2D eigenvalue weighted by atomic mass is 10.1. The number of benzene rings is 2. The fourth-order valence-corrected chi connectivity index (χ4v) is 5.75. The Hall–Kier alpha value is -3.77. The Balaban J connectivity index is 1.49. The third kappa shape index (κ3) is 5.20. The van der Waals surface area contributed by atoms with E-state index in [9.17, 15) is 8.42 Å². The predicted molar refractivity (Wildman–Crippen MR) is 138 cm³/mol. The number of piperazine rings is 1. The van der Waals surface area contributed by atoms with Gasteiger partial charge in [-0.2, -0.15) is 4.31 Å². The molecule has 0 N–H and O–H groups in total.